The first kappa shape index (κ1) is 11.9. The molecule has 0 saturated carbocycles. The van der Waals surface area contributed by atoms with Crippen LogP contribution in [0.5, 0.6) is 0 Å². The van der Waals surface area contributed by atoms with E-state index < -0.39 is 0 Å². The van der Waals surface area contributed by atoms with E-state index >= 15 is 0 Å². The van der Waals surface area contributed by atoms with Crippen LogP contribution in [-0.2, 0) is 11.2 Å². The third-order valence-corrected chi connectivity index (χ3v) is 4.08. The Bertz CT molecular complexity index is 380. The molecule has 1 aliphatic heterocycles. The van der Waals surface area contributed by atoms with Gasteiger partial charge in [0.2, 0.25) is 5.91 Å². The maximum atomic E-state index is 11.8. The molecule has 2 N–H and O–H groups in total. The lowest BCUT2D eigenvalue weighted by atomic mass is 10.2. The number of hydrogen-bond acceptors (Lipinski definition) is 3. The van der Waals surface area contributed by atoms with Gasteiger partial charge < -0.3 is 10.6 Å². The zero-order valence-corrected chi connectivity index (χ0v) is 10.6. The van der Waals surface area contributed by atoms with Crippen molar-refractivity contribution in [2.45, 2.75) is 25.3 Å². The van der Waals surface area contributed by atoms with Crippen LogP contribution in [0.4, 0.5) is 0 Å². The molecule has 16 heavy (non-hydrogen) atoms. The van der Waals surface area contributed by atoms with Crippen molar-refractivity contribution >= 4 is 28.8 Å². The van der Waals surface area contributed by atoms with Crippen molar-refractivity contribution in [2.75, 3.05) is 13.1 Å². The normalized spacial score (nSPS) is 20.4. The Kier molecular flexibility index (Phi) is 3.84. The highest BCUT2D eigenvalue weighted by molar-refractivity contribution is 7.16. The molecule has 1 aliphatic rings. The summed E-state index contributed by atoms with van der Waals surface area (Å²) in [6, 6.07) is 4.02. The van der Waals surface area contributed by atoms with Crippen LogP contribution in [0.3, 0.4) is 0 Å². The topological polar surface area (TPSA) is 46.3 Å². The van der Waals surface area contributed by atoms with E-state index in [1.54, 1.807) is 11.3 Å². The lowest BCUT2D eigenvalue weighted by molar-refractivity contribution is -0.130. The molecule has 0 aliphatic carbocycles. The maximum Gasteiger partial charge on any atom is 0.222 e. The van der Waals surface area contributed by atoms with Crippen LogP contribution in [0.2, 0.25) is 4.34 Å². The Morgan fingerprint density at radius 1 is 1.62 bits per heavy atom. The summed E-state index contributed by atoms with van der Waals surface area (Å²) in [7, 11) is 0. The summed E-state index contributed by atoms with van der Waals surface area (Å²) in [5.74, 6) is 0.206. The maximum absolute atomic E-state index is 11.8. The van der Waals surface area contributed by atoms with Gasteiger partial charge in [0.05, 0.1) is 4.34 Å². The molecule has 5 heteroatoms. The van der Waals surface area contributed by atoms with Gasteiger partial charge in [0.15, 0.2) is 0 Å². The summed E-state index contributed by atoms with van der Waals surface area (Å²) in [5.41, 5.74) is 5.76. The van der Waals surface area contributed by atoms with Crippen molar-refractivity contribution in [1.29, 1.82) is 0 Å². The molecule has 1 amide bonds. The molecule has 88 valence electrons. The third-order valence-electron chi connectivity index (χ3n) is 2.79. The summed E-state index contributed by atoms with van der Waals surface area (Å²) in [6.45, 7) is 1.52. The zero-order chi connectivity index (χ0) is 11.5. The molecule has 1 saturated heterocycles. The monoisotopic (exact) mass is 258 g/mol. The fourth-order valence-electron chi connectivity index (χ4n) is 1.89. The highest BCUT2D eigenvalue weighted by Crippen LogP contribution is 2.22. The molecule has 0 spiro atoms. The average molecular weight is 259 g/mol. The summed E-state index contributed by atoms with van der Waals surface area (Å²) >= 11 is 7.37. The molecule has 1 atom stereocenters. The molecule has 2 rings (SSSR count). The zero-order valence-electron chi connectivity index (χ0n) is 8.99. The van der Waals surface area contributed by atoms with Crippen molar-refractivity contribution in [1.82, 2.24) is 4.90 Å². The van der Waals surface area contributed by atoms with Crippen molar-refractivity contribution < 1.29 is 4.79 Å². The number of hydrogen-bond donors (Lipinski definition) is 1. The van der Waals surface area contributed by atoms with Crippen LogP contribution in [0.15, 0.2) is 12.1 Å². The fourth-order valence-corrected chi connectivity index (χ4v) is 2.98. The molecule has 0 bridgehead atoms. The van der Waals surface area contributed by atoms with Gasteiger partial charge in [-0.15, -0.1) is 11.3 Å². The van der Waals surface area contributed by atoms with Gasteiger partial charge in [-0.05, 0) is 25.0 Å². The number of carbonyl (C=O) groups excluding carboxylic acids is 1. The summed E-state index contributed by atoms with van der Waals surface area (Å²) < 4.78 is 0.783. The Hall–Kier alpha value is -0.580. The molecular weight excluding hydrogens is 244 g/mol. The van der Waals surface area contributed by atoms with E-state index in [-0.39, 0.29) is 11.9 Å². The van der Waals surface area contributed by atoms with E-state index in [9.17, 15) is 4.79 Å². The molecular formula is C11H15ClN2OS. The van der Waals surface area contributed by atoms with Gasteiger partial charge in [-0.3, -0.25) is 4.79 Å². The number of nitrogens with zero attached hydrogens (tertiary/aromatic N) is 1. The van der Waals surface area contributed by atoms with Gasteiger partial charge >= 0.3 is 0 Å². The molecule has 2 heterocycles. The number of halogens is 1. The number of aryl methyl sites for hydroxylation is 1. The molecule has 0 aromatic carbocycles. The van der Waals surface area contributed by atoms with Crippen molar-refractivity contribution in [3.63, 3.8) is 0 Å². The average Bonchev–Trinajstić information content (AvgIpc) is 2.84. The number of rotatable bonds is 3. The number of carbonyl (C=O) groups is 1. The summed E-state index contributed by atoms with van der Waals surface area (Å²) in [4.78, 5) is 14.8. The molecule has 3 nitrogen and oxygen atoms in total. The second kappa shape index (κ2) is 5.17. The molecule has 1 fully saturated rings. The van der Waals surface area contributed by atoms with E-state index in [4.69, 9.17) is 17.3 Å². The van der Waals surface area contributed by atoms with Gasteiger partial charge in [-0.25, -0.2) is 0 Å². The number of nitrogens with two attached hydrogens (primary N) is 1. The molecule has 0 unspecified atom stereocenters. The van der Waals surface area contributed by atoms with Crippen LogP contribution in [0, 0.1) is 0 Å². The standard InChI is InChI=1S/C11H15ClN2OS/c12-10-3-1-9(16-10)2-4-11(15)14-6-5-8(13)7-14/h1,3,8H,2,4-7,13H2/t8-/m1/s1. The number of thiophene rings is 1. The van der Waals surface area contributed by atoms with Crippen LogP contribution in [-0.4, -0.2) is 29.9 Å². The Morgan fingerprint density at radius 2 is 2.44 bits per heavy atom. The van der Waals surface area contributed by atoms with E-state index in [2.05, 4.69) is 0 Å². The summed E-state index contributed by atoms with van der Waals surface area (Å²) in [6.07, 6.45) is 2.27. The second-order valence-electron chi connectivity index (χ2n) is 4.09. The van der Waals surface area contributed by atoms with Crippen LogP contribution >= 0.6 is 22.9 Å². The first-order valence-corrected chi connectivity index (χ1v) is 6.62. The Labute approximate surface area is 104 Å². The minimum atomic E-state index is 0.167. The van der Waals surface area contributed by atoms with Gasteiger partial charge in [0, 0.05) is 30.4 Å². The number of amides is 1. The van der Waals surface area contributed by atoms with Gasteiger partial charge in [0.1, 0.15) is 0 Å². The molecule has 1 aromatic rings. The SMILES string of the molecule is N[C@@H]1CCN(C(=O)CCc2ccc(Cl)s2)C1. The smallest absolute Gasteiger partial charge is 0.222 e. The highest BCUT2D eigenvalue weighted by Gasteiger charge is 2.23. The van der Waals surface area contributed by atoms with Crippen molar-refractivity contribution in [3.8, 4) is 0 Å². The van der Waals surface area contributed by atoms with E-state index in [0.29, 0.717) is 13.0 Å². The van der Waals surface area contributed by atoms with Crippen molar-refractivity contribution in [2.24, 2.45) is 5.73 Å². The van der Waals surface area contributed by atoms with Gasteiger partial charge in [-0.2, -0.15) is 0 Å². The second-order valence-corrected chi connectivity index (χ2v) is 5.89. The first-order valence-electron chi connectivity index (χ1n) is 5.43. The number of likely N-dealkylation sites (tertiary alicyclic amines) is 1. The summed E-state index contributed by atoms with van der Waals surface area (Å²) in [5, 5.41) is 0. The third kappa shape index (κ3) is 2.97. The fraction of sp³-hybridized carbons (Fsp3) is 0.545. The van der Waals surface area contributed by atoms with Crippen molar-refractivity contribution in [3.05, 3.63) is 21.3 Å². The van der Waals surface area contributed by atoms with Crippen LogP contribution in [0.25, 0.3) is 0 Å². The minimum absolute atomic E-state index is 0.167. The minimum Gasteiger partial charge on any atom is -0.341 e. The lowest BCUT2D eigenvalue weighted by Gasteiger charge is -2.15. The van der Waals surface area contributed by atoms with Crippen LogP contribution < -0.4 is 5.73 Å². The van der Waals surface area contributed by atoms with E-state index in [0.717, 1.165) is 23.7 Å². The van der Waals surface area contributed by atoms with Gasteiger partial charge in [0.25, 0.3) is 0 Å². The molecule has 1 aromatic heterocycles. The molecule has 0 radical (unpaired) electrons. The lowest BCUT2D eigenvalue weighted by Crippen LogP contribution is -2.31. The van der Waals surface area contributed by atoms with E-state index in [1.165, 1.54) is 4.88 Å². The highest BCUT2D eigenvalue weighted by atomic mass is 35.5. The van der Waals surface area contributed by atoms with Gasteiger partial charge in [-0.1, -0.05) is 11.6 Å². The predicted molar refractivity (Wildman–Crippen MR) is 66.8 cm³/mol. The quantitative estimate of drug-likeness (QED) is 0.900. The largest absolute Gasteiger partial charge is 0.341 e. The van der Waals surface area contributed by atoms with E-state index in [1.807, 2.05) is 17.0 Å². The van der Waals surface area contributed by atoms with Crippen LogP contribution in [0.1, 0.15) is 17.7 Å². The Balaban J connectivity index is 1.80. The Morgan fingerprint density at radius 3 is 3.00 bits per heavy atom. The predicted octanol–water partition coefficient (Wildman–Crippen LogP) is 1.89. The first-order chi connectivity index (χ1) is 7.65.